The second kappa shape index (κ2) is 6.62. The molecule has 0 spiro atoms. The van der Waals surface area contributed by atoms with E-state index in [1.165, 1.54) is 12.8 Å². The van der Waals surface area contributed by atoms with E-state index in [-0.39, 0.29) is 17.9 Å². The first-order valence-corrected chi connectivity index (χ1v) is 10.2. The van der Waals surface area contributed by atoms with Gasteiger partial charge < -0.3 is 10.2 Å². The lowest BCUT2D eigenvalue weighted by Gasteiger charge is -2.26. The van der Waals surface area contributed by atoms with Gasteiger partial charge >= 0.3 is 0 Å². The summed E-state index contributed by atoms with van der Waals surface area (Å²) >= 11 is 0. The molecule has 1 aromatic rings. The third kappa shape index (κ3) is 3.62. The topological polar surface area (TPSA) is 52.7 Å². The maximum atomic E-state index is 12.8. The molecule has 1 aromatic carbocycles. The average molecular weight is 370 g/mol. The Morgan fingerprint density at radius 1 is 1.15 bits per heavy atom. The van der Waals surface area contributed by atoms with Crippen molar-refractivity contribution in [3.63, 3.8) is 0 Å². The average Bonchev–Trinajstić information content (AvgIpc) is 3.28. The molecular formula is C22H31N3O2. The number of anilines is 1. The van der Waals surface area contributed by atoms with Crippen LogP contribution in [0.25, 0.3) is 0 Å². The highest BCUT2D eigenvalue weighted by molar-refractivity contribution is 6.00. The molecule has 2 heterocycles. The molecule has 1 saturated heterocycles. The van der Waals surface area contributed by atoms with Crippen LogP contribution in [-0.4, -0.2) is 48.4 Å². The van der Waals surface area contributed by atoms with Crippen LogP contribution >= 0.6 is 0 Å². The van der Waals surface area contributed by atoms with Crippen LogP contribution < -0.4 is 10.2 Å². The summed E-state index contributed by atoms with van der Waals surface area (Å²) in [4.78, 5) is 29.8. The standard InChI is InChI=1S/C22H31N3O2/c1-14-12-24(17-6-7-17)13-18(14)23-20(26)16-5-8-19-15(11-16)9-10-25(19)21(27)22(2,3)4/h5,8,11,14,17-18H,6-7,9-10,12-13H2,1-4H3,(H,23,26)/t14-,18-/m0/s1. The molecule has 27 heavy (non-hydrogen) atoms. The van der Waals surface area contributed by atoms with Gasteiger partial charge in [0, 0.05) is 48.4 Å². The van der Waals surface area contributed by atoms with Crippen LogP contribution in [0.5, 0.6) is 0 Å². The summed E-state index contributed by atoms with van der Waals surface area (Å²) in [5.41, 5.74) is 2.36. The van der Waals surface area contributed by atoms with E-state index in [9.17, 15) is 9.59 Å². The van der Waals surface area contributed by atoms with Gasteiger partial charge in [-0.25, -0.2) is 0 Å². The van der Waals surface area contributed by atoms with E-state index in [4.69, 9.17) is 0 Å². The lowest BCUT2D eigenvalue weighted by atomic mass is 9.94. The quantitative estimate of drug-likeness (QED) is 0.891. The molecule has 5 nitrogen and oxygen atoms in total. The van der Waals surface area contributed by atoms with Crippen molar-refractivity contribution < 1.29 is 9.59 Å². The van der Waals surface area contributed by atoms with E-state index in [2.05, 4.69) is 17.1 Å². The van der Waals surface area contributed by atoms with Crippen LogP contribution in [0.3, 0.4) is 0 Å². The van der Waals surface area contributed by atoms with Crippen molar-refractivity contribution in [2.45, 2.75) is 59.0 Å². The Bertz CT molecular complexity index is 763. The number of likely N-dealkylation sites (tertiary alicyclic amines) is 1. The molecule has 5 heteroatoms. The second-order valence-corrected chi connectivity index (χ2v) is 9.54. The Labute approximate surface area is 162 Å². The highest BCUT2D eigenvalue weighted by atomic mass is 16.2. The van der Waals surface area contributed by atoms with Crippen molar-refractivity contribution in [3.8, 4) is 0 Å². The van der Waals surface area contributed by atoms with Gasteiger partial charge in [0.25, 0.3) is 5.91 Å². The third-order valence-electron chi connectivity index (χ3n) is 6.14. The number of amides is 2. The molecule has 3 aliphatic rings. The fourth-order valence-corrected chi connectivity index (χ4v) is 4.34. The van der Waals surface area contributed by atoms with E-state index < -0.39 is 5.41 Å². The van der Waals surface area contributed by atoms with Gasteiger partial charge in [-0.1, -0.05) is 27.7 Å². The number of hydrogen-bond donors (Lipinski definition) is 1. The van der Waals surface area contributed by atoms with Crippen molar-refractivity contribution in [1.29, 1.82) is 0 Å². The Hall–Kier alpha value is -1.88. The van der Waals surface area contributed by atoms with Crippen molar-refractivity contribution in [2.24, 2.45) is 11.3 Å². The predicted molar refractivity (Wildman–Crippen MR) is 107 cm³/mol. The largest absolute Gasteiger partial charge is 0.348 e. The molecule has 1 saturated carbocycles. The van der Waals surface area contributed by atoms with Gasteiger partial charge in [0.15, 0.2) is 0 Å². The van der Waals surface area contributed by atoms with Gasteiger partial charge in [0.1, 0.15) is 0 Å². The molecule has 1 N–H and O–H groups in total. The number of fused-ring (bicyclic) bond motifs is 1. The molecule has 2 amide bonds. The molecule has 0 bridgehead atoms. The Morgan fingerprint density at radius 2 is 1.89 bits per heavy atom. The third-order valence-corrected chi connectivity index (χ3v) is 6.14. The number of carbonyl (C=O) groups is 2. The Morgan fingerprint density at radius 3 is 2.56 bits per heavy atom. The van der Waals surface area contributed by atoms with Crippen molar-refractivity contribution in [1.82, 2.24) is 10.2 Å². The summed E-state index contributed by atoms with van der Waals surface area (Å²) in [6.07, 6.45) is 3.43. The normalized spacial score (nSPS) is 25.6. The van der Waals surface area contributed by atoms with Crippen LogP contribution in [0.1, 0.15) is 56.5 Å². The summed E-state index contributed by atoms with van der Waals surface area (Å²) in [7, 11) is 0. The van der Waals surface area contributed by atoms with Crippen molar-refractivity contribution >= 4 is 17.5 Å². The molecule has 0 aromatic heterocycles. The maximum Gasteiger partial charge on any atom is 0.251 e. The molecule has 1 aliphatic carbocycles. The first-order chi connectivity index (χ1) is 12.7. The predicted octanol–water partition coefficient (Wildman–Crippen LogP) is 2.83. The monoisotopic (exact) mass is 369 g/mol. The number of nitrogens with zero attached hydrogens (tertiary/aromatic N) is 2. The van der Waals surface area contributed by atoms with E-state index in [0.29, 0.717) is 18.0 Å². The van der Waals surface area contributed by atoms with Crippen LogP contribution in [0.4, 0.5) is 5.69 Å². The maximum absolute atomic E-state index is 12.8. The number of hydrogen-bond acceptors (Lipinski definition) is 3. The van der Waals surface area contributed by atoms with E-state index >= 15 is 0 Å². The van der Waals surface area contributed by atoms with Gasteiger partial charge in [0.2, 0.25) is 5.91 Å². The van der Waals surface area contributed by atoms with Gasteiger partial charge in [0.05, 0.1) is 0 Å². The smallest absolute Gasteiger partial charge is 0.251 e. The zero-order valence-corrected chi connectivity index (χ0v) is 16.9. The number of nitrogens with one attached hydrogen (secondary N) is 1. The summed E-state index contributed by atoms with van der Waals surface area (Å²) in [6.45, 7) is 10.8. The van der Waals surface area contributed by atoms with Crippen LogP contribution in [-0.2, 0) is 11.2 Å². The van der Waals surface area contributed by atoms with Gasteiger partial charge in [-0.05, 0) is 48.9 Å². The lowest BCUT2D eigenvalue weighted by molar-refractivity contribution is -0.125. The summed E-state index contributed by atoms with van der Waals surface area (Å²) in [5.74, 6) is 0.634. The molecule has 146 valence electrons. The Kier molecular flexibility index (Phi) is 4.53. The van der Waals surface area contributed by atoms with Crippen LogP contribution in [0, 0.1) is 11.3 Å². The summed E-state index contributed by atoms with van der Waals surface area (Å²) < 4.78 is 0. The van der Waals surface area contributed by atoms with E-state index in [1.807, 2.05) is 43.9 Å². The molecule has 0 radical (unpaired) electrons. The van der Waals surface area contributed by atoms with Gasteiger partial charge in [-0.3, -0.25) is 14.5 Å². The molecule has 4 rings (SSSR count). The second-order valence-electron chi connectivity index (χ2n) is 9.54. The minimum atomic E-state index is -0.399. The summed E-state index contributed by atoms with van der Waals surface area (Å²) in [6, 6.07) is 6.75. The first-order valence-electron chi connectivity index (χ1n) is 10.2. The SMILES string of the molecule is C[C@H]1CN(C2CC2)C[C@@H]1NC(=O)c1ccc2c(c1)CCN2C(=O)C(C)(C)C. The molecular weight excluding hydrogens is 338 g/mol. The Balaban J connectivity index is 1.45. The van der Waals surface area contributed by atoms with E-state index in [1.54, 1.807) is 0 Å². The first kappa shape index (κ1) is 18.5. The lowest BCUT2D eigenvalue weighted by Crippen LogP contribution is -2.40. The number of benzene rings is 1. The van der Waals surface area contributed by atoms with Crippen molar-refractivity contribution in [3.05, 3.63) is 29.3 Å². The van der Waals surface area contributed by atoms with E-state index in [0.717, 1.165) is 36.8 Å². The fraction of sp³-hybridized carbons (Fsp3) is 0.636. The molecule has 2 aliphatic heterocycles. The minimum absolute atomic E-state index is 0.00731. The molecule has 2 fully saturated rings. The number of rotatable bonds is 3. The van der Waals surface area contributed by atoms with Crippen LogP contribution in [0.15, 0.2) is 18.2 Å². The minimum Gasteiger partial charge on any atom is -0.348 e. The van der Waals surface area contributed by atoms with Gasteiger partial charge in [-0.2, -0.15) is 0 Å². The van der Waals surface area contributed by atoms with Crippen LogP contribution in [0.2, 0.25) is 0 Å². The zero-order chi connectivity index (χ0) is 19.3. The highest BCUT2D eigenvalue weighted by Crippen LogP contribution is 2.33. The van der Waals surface area contributed by atoms with Gasteiger partial charge in [-0.15, -0.1) is 0 Å². The summed E-state index contributed by atoms with van der Waals surface area (Å²) in [5, 5.41) is 3.25. The highest BCUT2D eigenvalue weighted by Gasteiger charge is 2.39. The molecule has 0 unspecified atom stereocenters. The zero-order valence-electron chi connectivity index (χ0n) is 16.9. The van der Waals surface area contributed by atoms with Crippen molar-refractivity contribution in [2.75, 3.05) is 24.5 Å². The molecule has 2 atom stereocenters. The number of carbonyl (C=O) groups excluding carboxylic acids is 2. The fourth-order valence-electron chi connectivity index (χ4n) is 4.34.